The van der Waals surface area contributed by atoms with E-state index in [4.69, 9.17) is 18.9 Å². The van der Waals surface area contributed by atoms with Crippen LogP contribution in [0.15, 0.2) is 84.9 Å². The van der Waals surface area contributed by atoms with Gasteiger partial charge in [0.05, 0.1) is 19.8 Å². The Balaban J connectivity index is 1.44. The second-order valence-electron chi connectivity index (χ2n) is 8.36. The quantitative estimate of drug-likeness (QED) is 0.147. The smallest absolute Gasteiger partial charge is 0.343 e. The molecule has 0 saturated carbocycles. The molecule has 0 bridgehead atoms. The maximum Gasteiger partial charge on any atom is 0.343 e. The molecule has 6 heteroatoms. The minimum Gasteiger partial charge on any atom is -0.497 e. The number of ether oxygens (including phenoxy) is 4. The van der Waals surface area contributed by atoms with E-state index in [-0.39, 0.29) is 0 Å². The van der Waals surface area contributed by atoms with Crippen LogP contribution < -0.4 is 18.9 Å². The van der Waals surface area contributed by atoms with Crippen molar-refractivity contribution in [3.05, 3.63) is 102 Å². The summed E-state index contributed by atoms with van der Waals surface area (Å²) in [5.41, 5.74) is 2.07. The highest BCUT2D eigenvalue weighted by molar-refractivity contribution is 5.92. The highest BCUT2D eigenvalue weighted by atomic mass is 16.5. The molecule has 0 unspecified atom stereocenters. The monoisotopic (exact) mass is 496 g/mol. The van der Waals surface area contributed by atoms with Gasteiger partial charge in [-0.3, -0.25) is 0 Å². The Labute approximate surface area is 216 Å². The molecule has 37 heavy (non-hydrogen) atoms. The maximum absolute atomic E-state index is 12.6. The summed E-state index contributed by atoms with van der Waals surface area (Å²) in [4.78, 5) is 25.1. The number of methoxy groups -OCH3 is 2. The fourth-order valence-electron chi connectivity index (χ4n) is 3.86. The number of hydrogen-bond donors (Lipinski definition) is 0. The summed E-state index contributed by atoms with van der Waals surface area (Å²) in [6.45, 7) is 2.02. The summed E-state index contributed by atoms with van der Waals surface area (Å²) >= 11 is 0. The number of esters is 2. The molecular formula is C31H28O6. The number of hydrogen-bond acceptors (Lipinski definition) is 6. The van der Waals surface area contributed by atoms with Gasteiger partial charge in [0.25, 0.3) is 0 Å². The van der Waals surface area contributed by atoms with E-state index in [2.05, 4.69) is 0 Å². The highest BCUT2D eigenvalue weighted by Gasteiger charge is 2.13. The van der Waals surface area contributed by atoms with Gasteiger partial charge in [0, 0.05) is 6.08 Å². The molecule has 4 aromatic carbocycles. The van der Waals surface area contributed by atoms with Gasteiger partial charge in [-0.05, 0) is 95.1 Å². The molecule has 0 atom stereocenters. The van der Waals surface area contributed by atoms with Crippen LogP contribution in [0, 0.1) is 0 Å². The zero-order valence-electron chi connectivity index (χ0n) is 21.0. The van der Waals surface area contributed by atoms with Crippen LogP contribution in [0.2, 0.25) is 0 Å². The van der Waals surface area contributed by atoms with E-state index in [1.165, 1.54) is 6.08 Å². The average molecular weight is 497 g/mol. The van der Waals surface area contributed by atoms with Gasteiger partial charge in [-0.15, -0.1) is 0 Å². The van der Waals surface area contributed by atoms with E-state index in [1.54, 1.807) is 62.8 Å². The lowest BCUT2D eigenvalue weighted by molar-refractivity contribution is -0.128. The van der Waals surface area contributed by atoms with Crippen molar-refractivity contribution < 1.29 is 28.5 Å². The van der Waals surface area contributed by atoms with Crippen molar-refractivity contribution in [2.45, 2.75) is 19.8 Å². The molecule has 0 aliphatic carbocycles. The zero-order valence-corrected chi connectivity index (χ0v) is 21.0. The maximum atomic E-state index is 12.6. The summed E-state index contributed by atoms with van der Waals surface area (Å²) in [5.74, 6) is 1.30. The Hall–Kier alpha value is -4.58. The number of benzene rings is 4. The van der Waals surface area contributed by atoms with Crippen molar-refractivity contribution in [1.82, 2.24) is 0 Å². The van der Waals surface area contributed by atoms with Crippen molar-refractivity contribution in [2.24, 2.45) is 0 Å². The van der Waals surface area contributed by atoms with Crippen LogP contribution in [0.4, 0.5) is 0 Å². The fraction of sp³-hybridized carbons (Fsp3) is 0.161. The van der Waals surface area contributed by atoms with Gasteiger partial charge < -0.3 is 18.9 Å². The minimum atomic E-state index is -0.491. The van der Waals surface area contributed by atoms with Crippen LogP contribution in [0.3, 0.4) is 0 Å². The topological polar surface area (TPSA) is 71.1 Å². The molecule has 4 aromatic rings. The summed E-state index contributed by atoms with van der Waals surface area (Å²) in [6.07, 6.45) is 4.61. The molecular weight excluding hydrogens is 468 g/mol. The van der Waals surface area contributed by atoms with E-state index in [0.29, 0.717) is 29.2 Å². The molecule has 0 aliphatic heterocycles. The summed E-state index contributed by atoms with van der Waals surface area (Å²) in [6, 6.07) is 23.4. The van der Waals surface area contributed by atoms with Gasteiger partial charge in [-0.2, -0.15) is 0 Å². The third-order valence-corrected chi connectivity index (χ3v) is 5.78. The molecule has 0 heterocycles. The van der Waals surface area contributed by atoms with Crippen LogP contribution in [0.25, 0.3) is 16.8 Å². The standard InChI is InChI=1S/C31H28O6/c1-4-5-25-20-28(36-31(33)22-9-12-26(34-2)13-10-22)15-16-29(25)37-30(32)17-7-21-6-8-24-19-27(35-3)14-11-23(24)18-21/h6-20H,4-5H2,1-3H3/b17-7+. The van der Waals surface area contributed by atoms with E-state index >= 15 is 0 Å². The second-order valence-corrected chi connectivity index (χ2v) is 8.36. The lowest BCUT2D eigenvalue weighted by Crippen LogP contribution is -2.10. The number of rotatable bonds is 9. The number of fused-ring (bicyclic) bond motifs is 1. The molecule has 0 N–H and O–H groups in total. The fourth-order valence-corrected chi connectivity index (χ4v) is 3.86. The van der Waals surface area contributed by atoms with E-state index in [9.17, 15) is 9.59 Å². The van der Waals surface area contributed by atoms with E-state index in [1.807, 2.05) is 43.3 Å². The first kappa shape index (κ1) is 25.5. The normalized spacial score (nSPS) is 10.9. The summed E-state index contributed by atoms with van der Waals surface area (Å²) < 4.78 is 21.5. The zero-order chi connectivity index (χ0) is 26.2. The van der Waals surface area contributed by atoms with Crippen molar-refractivity contribution >= 4 is 28.8 Å². The lowest BCUT2D eigenvalue weighted by Gasteiger charge is -2.11. The molecule has 188 valence electrons. The predicted molar refractivity (Wildman–Crippen MR) is 144 cm³/mol. The molecule has 0 amide bonds. The largest absolute Gasteiger partial charge is 0.497 e. The third-order valence-electron chi connectivity index (χ3n) is 5.78. The van der Waals surface area contributed by atoms with Gasteiger partial charge in [0.1, 0.15) is 23.0 Å². The molecule has 0 aromatic heterocycles. The van der Waals surface area contributed by atoms with Crippen LogP contribution in [0.5, 0.6) is 23.0 Å². The van der Waals surface area contributed by atoms with Crippen molar-refractivity contribution in [3.8, 4) is 23.0 Å². The molecule has 0 radical (unpaired) electrons. The van der Waals surface area contributed by atoms with Crippen LogP contribution in [0.1, 0.15) is 34.8 Å². The third kappa shape index (κ3) is 6.55. The Morgan fingerprint density at radius 3 is 2.14 bits per heavy atom. The van der Waals surface area contributed by atoms with E-state index < -0.39 is 11.9 Å². The first-order chi connectivity index (χ1) is 18.0. The summed E-state index contributed by atoms with van der Waals surface area (Å²) in [5, 5.41) is 2.09. The summed E-state index contributed by atoms with van der Waals surface area (Å²) in [7, 11) is 3.20. The van der Waals surface area contributed by atoms with Crippen molar-refractivity contribution in [1.29, 1.82) is 0 Å². The molecule has 4 rings (SSSR count). The number of carbonyl (C=O) groups excluding carboxylic acids is 2. The number of aryl methyl sites for hydroxylation is 1. The molecule has 0 aliphatic rings. The Bertz CT molecular complexity index is 1440. The van der Waals surface area contributed by atoms with Gasteiger partial charge >= 0.3 is 11.9 Å². The first-order valence-electron chi connectivity index (χ1n) is 12.0. The van der Waals surface area contributed by atoms with Gasteiger partial charge in [-0.25, -0.2) is 9.59 Å². The molecule has 0 fully saturated rings. The SMILES string of the molecule is CCCc1cc(OC(=O)c2ccc(OC)cc2)ccc1OC(=O)/C=C/c1ccc2cc(OC)ccc2c1. The second kappa shape index (κ2) is 11.9. The molecule has 0 spiro atoms. The minimum absolute atomic E-state index is 0.382. The molecule has 0 saturated heterocycles. The Morgan fingerprint density at radius 2 is 1.41 bits per heavy atom. The lowest BCUT2D eigenvalue weighted by atomic mass is 10.1. The van der Waals surface area contributed by atoms with Crippen molar-refractivity contribution in [2.75, 3.05) is 14.2 Å². The van der Waals surface area contributed by atoms with Crippen LogP contribution in [-0.2, 0) is 11.2 Å². The van der Waals surface area contributed by atoms with Crippen LogP contribution in [-0.4, -0.2) is 26.2 Å². The Morgan fingerprint density at radius 1 is 0.730 bits per heavy atom. The highest BCUT2D eigenvalue weighted by Crippen LogP contribution is 2.27. The van der Waals surface area contributed by atoms with Gasteiger partial charge in [0.15, 0.2) is 0 Å². The van der Waals surface area contributed by atoms with Crippen molar-refractivity contribution in [3.63, 3.8) is 0 Å². The average Bonchev–Trinajstić information content (AvgIpc) is 2.93. The van der Waals surface area contributed by atoms with Gasteiger partial charge in [0.2, 0.25) is 0 Å². The predicted octanol–water partition coefficient (Wildman–Crippen LogP) is 6.65. The molecule has 6 nitrogen and oxygen atoms in total. The van der Waals surface area contributed by atoms with Gasteiger partial charge in [-0.1, -0.05) is 31.5 Å². The van der Waals surface area contributed by atoms with E-state index in [0.717, 1.165) is 34.1 Å². The first-order valence-corrected chi connectivity index (χ1v) is 12.0. The number of carbonyl (C=O) groups is 2. The Kier molecular flexibility index (Phi) is 8.21. The van der Waals surface area contributed by atoms with Crippen LogP contribution >= 0.6 is 0 Å².